The second-order valence-corrected chi connectivity index (χ2v) is 8.57. The summed E-state index contributed by atoms with van der Waals surface area (Å²) >= 11 is 0. The van der Waals surface area contributed by atoms with Crippen LogP contribution in [0.4, 0.5) is 0 Å². The van der Waals surface area contributed by atoms with Gasteiger partial charge in [0.2, 0.25) is 0 Å². The molecule has 2 aliphatic carbocycles. The SMILES string of the molecule is CCCCCCCCC1CCC(C2CCC(COC)CC2)CC1. The predicted octanol–water partition coefficient (Wildman–Crippen LogP) is 7.00. The fraction of sp³-hybridized carbons (Fsp3) is 1.00. The number of ether oxygens (including phenoxy) is 1. The molecular weight excluding hydrogens is 280 g/mol. The largest absolute Gasteiger partial charge is 0.384 e. The lowest BCUT2D eigenvalue weighted by Crippen LogP contribution is -2.27. The molecule has 2 rings (SSSR count). The molecular formula is C22H42O. The molecule has 2 aliphatic rings. The highest BCUT2D eigenvalue weighted by Crippen LogP contribution is 2.42. The number of hydrogen-bond donors (Lipinski definition) is 0. The van der Waals surface area contributed by atoms with Crippen LogP contribution >= 0.6 is 0 Å². The fourth-order valence-corrected chi connectivity index (χ4v) is 5.22. The molecule has 23 heavy (non-hydrogen) atoms. The first-order chi connectivity index (χ1) is 11.3. The lowest BCUT2D eigenvalue weighted by molar-refractivity contribution is 0.0925. The Kier molecular flexibility index (Phi) is 9.65. The Morgan fingerprint density at radius 3 is 1.74 bits per heavy atom. The Bertz CT molecular complexity index is 272. The summed E-state index contributed by atoms with van der Waals surface area (Å²) < 4.78 is 5.34. The van der Waals surface area contributed by atoms with Crippen molar-refractivity contribution in [2.24, 2.45) is 23.7 Å². The van der Waals surface area contributed by atoms with Crippen molar-refractivity contribution in [3.05, 3.63) is 0 Å². The highest BCUT2D eigenvalue weighted by molar-refractivity contribution is 4.82. The van der Waals surface area contributed by atoms with Crippen molar-refractivity contribution in [1.29, 1.82) is 0 Å². The number of methoxy groups -OCH3 is 1. The third kappa shape index (κ3) is 7.16. The summed E-state index contributed by atoms with van der Waals surface area (Å²) in [6.45, 7) is 3.31. The smallest absolute Gasteiger partial charge is 0.0490 e. The van der Waals surface area contributed by atoms with Crippen molar-refractivity contribution < 1.29 is 4.74 Å². The van der Waals surface area contributed by atoms with E-state index in [0.717, 1.165) is 30.3 Å². The minimum atomic E-state index is 0.861. The molecule has 2 fully saturated rings. The van der Waals surface area contributed by atoms with Gasteiger partial charge in [-0.1, -0.05) is 64.7 Å². The van der Waals surface area contributed by atoms with Gasteiger partial charge in [0.1, 0.15) is 0 Å². The van der Waals surface area contributed by atoms with E-state index in [1.165, 1.54) is 83.5 Å². The molecule has 136 valence electrons. The molecule has 0 aromatic rings. The van der Waals surface area contributed by atoms with E-state index in [0.29, 0.717) is 0 Å². The Hall–Kier alpha value is -0.0400. The summed E-state index contributed by atoms with van der Waals surface area (Å²) in [7, 11) is 1.86. The van der Waals surface area contributed by atoms with Gasteiger partial charge in [-0.15, -0.1) is 0 Å². The molecule has 0 aliphatic heterocycles. The molecule has 2 saturated carbocycles. The van der Waals surface area contributed by atoms with Crippen LogP contribution in [-0.2, 0) is 4.74 Å². The van der Waals surface area contributed by atoms with Crippen molar-refractivity contribution in [2.45, 2.75) is 103 Å². The van der Waals surface area contributed by atoms with Crippen LogP contribution in [0.1, 0.15) is 103 Å². The summed E-state index contributed by atoms with van der Waals surface area (Å²) in [4.78, 5) is 0. The third-order valence-electron chi connectivity index (χ3n) is 6.82. The van der Waals surface area contributed by atoms with Gasteiger partial charge >= 0.3 is 0 Å². The van der Waals surface area contributed by atoms with Gasteiger partial charge in [-0.05, 0) is 62.2 Å². The topological polar surface area (TPSA) is 9.23 Å². The lowest BCUT2D eigenvalue weighted by Gasteiger charge is -2.37. The van der Waals surface area contributed by atoms with E-state index in [4.69, 9.17) is 4.74 Å². The Labute approximate surface area is 146 Å². The summed E-state index contributed by atoms with van der Waals surface area (Å²) in [5, 5.41) is 0. The molecule has 0 aromatic carbocycles. The Balaban J connectivity index is 1.52. The van der Waals surface area contributed by atoms with Gasteiger partial charge in [-0.2, -0.15) is 0 Å². The van der Waals surface area contributed by atoms with E-state index >= 15 is 0 Å². The van der Waals surface area contributed by atoms with E-state index < -0.39 is 0 Å². The standard InChI is InChI=1S/C22H42O/c1-3-4-5-6-7-8-9-19-10-14-21(15-11-19)22-16-12-20(13-17-22)18-23-2/h19-22H,3-18H2,1-2H3. The van der Waals surface area contributed by atoms with Crippen LogP contribution in [0.3, 0.4) is 0 Å². The molecule has 0 aromatic heterocycles. The zero-order chi connectivity index (χ0) is 16.3. The van der Waals surface area contributed by atoms with Gasteiger partial charge in [0.25, 0.3) is 0 Å². The lowest BCUT2D eigenvalue weighted by atomic mass is 9.69. The molecule has 0 amide bonds. The molecule has 1 nitrogen and oxygen atoms in total. The molecule has 0 N–H and O–H groups in total. The van der Waals surface area contributed by atoms with Crippen molar-refractivity contribution >= 4 is 0 Å². The highest BCUT2D eigenvalue weighted by Gasteiger charge is 2.30. The van der Waals surface area contributed by atoms with Crippen LogP contribution in [0, 0.1) is 23.7 Å². The van der Waals surface area contributed by atoms with Crippen LogP contribution in [0.25, 0.3) is 0 Å². The number of rotatable bonds is 10. The monoisotopic (exact) mass is 322 g/mol. The van der Waals surface area contributed by atoms with Gasteiger partial charge in [-0.25, -0.2) is 0 Å². The van der Waals surface area contributed by atoms with Crippen LogP contribution < -0.4 is 0 Å². The van der Waals surface area contributed by atoms with E-state index in [2.05, 4.69) is 6.92 Å². The molecule has 0 unspecified atom stereocenters. The minimum Gasteiger partial charge on any atom is -0.384 e. The summed E-state index contributed by atoms with van der Waals surface area (Å²) in [5.74, 6) is 4.06. The fourth-order valence-electron chi connectivity index (χ4n) is 5.22. The molecule has 1 heteroatoms. The zero-order valence-corrected chi connectivity index (χ0v) is 16.0. The second-order valence-electron chi connectivity index (χ2n) is 8.57. The predicted molar refractivity (Wildman–Crippen MR) is 101 cm³/mol. The van der Waals surface area contributed by atoms with Gasteiger partial charge in [0.05, 0.1) is 0 Å². The quantitative estimate of drug-likeness (QED) is 0.393. The Morgan fingerprint density at radius 1 is 0.652 bits per heavy atom. The first-order valence-corrected chi connectivity index (χ1v) is 10.8. The van der Waals surface area contributed by atoms with Crippen molar-refractivity contribution in [3.63, 3.8) is 0 Å². The van der Waals surface area contributed by atoms with Crippen molar-refractivity contribution in [2.75, 3.05) is 13.7 Å². The van der Waals surface area contributed by atoms with Gasteiger partial charge in [0, 0.05) is 13.7 Å². The van der Waals surface area contributed by atoms with E-state index in [1.54, 1.807) is 12.8 Å². The Morgan fingerprint density at radius 2 is 1.17 bits per heavy atom. The van der Waals surface area contributed by atoms with Crippen LogP contribution in [0.5, 0.6) is 0 Å². The zero-order valence-electron chi connectivity index (χ0n) is 16.0. The molecule has 0 heterocycles. The molecule has 0 bridgehead atoms. The molecule has 0 radical (unpaired) electrons. The van der Waals surface area contributed by atoms with Gasteiger partial charge in [0.15, 0.2) is 0 Å². The molecule has 0 spiro atoms. The summed E-state index contributed by atoms with van der Waals surface area (Å²) in [6, 6.07) is 0. The van der Waals surface area contributed by atoms with Crippen LogP contribution in [-0.4, -0.2) is 13.7 Å². The average molecular weight is 323 g/mol. The minimum absolute atomic E-state index is 0.861. The first-order valence-electron chi connectivity index (χ1n) is 10.8. The maximum absolute atomic E-state index is 5.34. The number of unbranched alkanes of at least 4 members (excludes halogenated alkanes) is 5. The van der Waals surface area contributed by atoms with Gasteiger partial charge in [-0.3, -0.25) is 0 Å². The maximum atomic E-state index is 5.34. The van der Waals surface area contributed by atoms with E-state index in [-0.39, 0.29) is 0 Å². The summed E-state index contributed by atoms with van der Waals surface area (Å²) in [6.07, 6.45) is 22.3. The molecule has 0 atom stereocenters. The van der Waals surface area contributed by atoms with Gasteiger partial charge < -0.3 is 4.74 Å². The average Bonchev–Trinajstić information content (AvgIpc) is 2.60. The van der Waals surface area contributed by atoms with Crippen LogP contribution in [0.2, 0.25) is 0 Å². The number of hydrogen-bond acceptors (Lipinski definition) is 1. The van der Waals surface area contributed by atoms with Crippen molar-refractivity contribution in [1.82, 2.24) is 0 Å². The summed E-state index contributed by atoms with van der Waals surface area (Å²) in [5.41, 5.74) is 0. The third-order valence-corrected chi connectivity index (χ3v) is 6.82. The van der Waals surface area contributed by atoms with E-state index in [9.17, 15) is 0 Å². The molecule has 0 saturated heterocycles. The second kappa shape index (κ2) is 11.5. The maximum Gasteiger partial charge on any atom is 0.0490 e. The highest BCUT2D eigenvalue weighted by atomic mass is 16.5. The first kappa shape index (κ1) is 19.3. The normalized spacial score (nSPS) is 32.1. The van der Waals surface area contributed by atoms with E-state index in [1.807, 2.05) is 7.11 Å². The van der Waals surface area contributed by atoms with Crippen molar-refractivity contribution in [3.8, 4) is 0 Å². The van der Waals surface area contributed by atoms with Crippen LogP contribution in [0.15, 0.2) is 0 Å².